The van der Waals surface area contributed by atoms with Gasteiger partial charge in [0.1, 0.15) is 12.4 Å². The maximum absolute atomic E-state index is 6.23. The average Bonchev–Trinajstić information content (AvgIpc) is 2.74. The molecule has 1 saturated heterocycles. The van der Waals surface area contributed by atoms with Crippen molar-refractivity contribution in [2.45, 2.75) is 52.4 Å². The van der Waals surface area contributed by atoms with Crippen molar-refractivity contribution in [1.29, 1.82) is 0 Å². The third-order valence-electron chi connectivity index (χ3n) is 5.02. The highest BCUT2D eigenvalue weighted by molar-refractivity contribution is 6.63. The van der Waals surface area contributed by atoms with Crippen molar-refractivity contribution in [3.05, 3.63) is 58.6 Å². The Morgan fingerprint density at radius 2 is 1.64 bits per heavy atom. The number of rotatable bonds is 4. The van der Waals surface area contributed by atoms with Crippen LogP contribution in [0.2, 0.25) is 5.02 Å². The monoisotopic (exact) mass is 358 g/mol. The maximum Gasteiger partial charge on any atom is 0.498 e. The Kier molecular flexibility index (Phi) is 4.89. The molecule has 3 nitrogen and oxygen atoms in total. The molecule has 5 heteroatoms. The lowest BCUT2D eigenvalue weighted by Crippen LogP contribution is -2.41. The summed E-state index contributed by atoms with van der Waals surface area (Å²) in [5, 5.41) is 0.701. The summed E-state index contributed by atoms with van der Waals surface area (Å²) in [6, 6.07) is 13.8. The van der Waals surface area contributed by atoms with Gasteiger partial charge in [0.25, 0.3) is 0 Å². The van der Waals surface area contributed by atoms with Gasteiger partial charge in [0.2, 0.25) is 0 Å². The van der Waals surface area contributed by atoms with Crippen LogP contribution >= 0.6 is 11.6 Å². The summed E-state index contributed by atoms with van der Waals surface area (Å²) in [7, 11) is -0.452. The first-order valence-electron chi connectivity index (χ1n) is 8.52. The molecular weight excluding hydrogens is 334 g/mol. The second-order valence-electron chi connectivity index (χ2n) is 7.51. The molecular formula is C20H24BClO3. The first kappa shape index (κ1) is 18.3. The summed E-state index contributed by atoms with van der Waals surface area (Å²) in [6.45, 7) is 10.6. The van der Waals surface area contributed by atoms with Gasteiger partial charge in [-0.15, -0.1) is 0 Å². The predicted octanol–water partition coefficient (Wildman–Crippen LogP) is 4.53. The standard InChI is InChI=1S/C20H24BClO3/c1-14-10-11-16(21-24-19(2,3)20(4,5)25-21)18(12-14)23-13-15-8-6-7-9-17(15)22/h6-12H,13H2,1-5H3. The first-order chi connectivity index (χ1) is 11.7. The Morgan fingerprint density at radius 3 is 2.28 bits per heavy atom. The quantitative estimate of drug-likeness (QED) is 0.752. The molecule has 1 aliphatic rings. The Morgan fingerprint density at radius 1 is 1.00 bits per heavy atom. The van der Waals surface area contributed by atoms with Gasteiger partial charge in [-0.2, -0.15) is 0 Å². The highest BCUT2D eigenvalue weighted by Crippen LogP contribution is 2.37. The van der Waals surface area contributed by atoms with E-state index in [1.165, 1.54) is 0 Å². The second kappa shape index (κ2) is 6.67. The van der Waals surface area contributed by atoms with Crippen LogP contribution in [0.15, 0.2) is 42.5 Å². The van der Waals surface area contributed by atoms with E-state index in [4.69, 9.17) is 25.6 Å². The summed E-state index contributed by atoms with van der Waals surface area (Å²) in [6.07, 6.45) is 0. The summed E-state index contributed by atoms with van der Waals surface area (Å²) >= 11 is 6.23. The van der Waals surface area contributed by atoms with E-state index in [9.17, 15) is 0 Å². The maximum atomic E-state index is 6.23. The highest BCUT2D eigenvalue weighted by Gasteiger charge is 2.52. The fourth-order valence-corrected chi connectivity index (χ4v) is 2.89. The van der Waals surface area contributed by atoms with Crippen LogP contribution in [0.3, 0.4) is 0 Å². The number of hydrogen-bond acceptors (Lipinski definition) is 3. The Balaban J connectivity index is 1.86. The molecule has 0 unspecified atom stereocenters. The van der Waals surface area contributed by atoms with Gasteiger partial charge in [-0.3, -0.25) is 0 Å². The van der Waals surface area contributed by atoms with E-state index < -0.39 is 7.12 Å². The van der Waals surface area contributed by atoms with E-state index in [-0.39, 0.29) is 11.2 Å². The third-order valence-corrected chi connectivity index (χ3v) is 5.39. The van der Waals surface area contributed by atoms with Crippen LogP contribution in [-0.2, 0) is 15.9 Å². The lowest BCUT2D eigenvalue weighted by Gasteiger charge is -2.32. The van der Waals surface area contributed by atoms with E-state index in [1.54, 1.807) is 0 Å². The molecule has 0 spiro atoms. The first-order valence-corrected chi connectivity index (χ1v) is 8.90. The topological polar surface area (TPSA) is 27.7 Å². The van der Waals surface area contributed by atoms with Crippen LogP contribution in [0.4, 0.5) is 0 Å². The number of aryl methyl sites for hydroxylation is 1. The van der Waals surface area contributed by atoms with Crippen molar-refractivity contribution in [2.24, 2.45) is 0 Å². The van der Waals surface area contributed by atoms with E-state index in [1.807, 2.05) is 77.1 Å². The third kappa shape index (κ3) is 3.71. The van der Waals surface area contributed by atoms with Crippen molar-refractivity contribution in [2.75, 3.05) is 0 Å². The van der Waals surface area contributed by atoms with Crippen molar-refractivity contribution in [1.82, 2.24) is 0 Å². The highest BCUT2D eigenvalue weighted by atomic mass is 35.5. The van der Waals surface area contributed by atoms with Crippen LogP contribution in [0.25, 0.3) is 0 Å². The van der Waals surface area contributed by atoms with Crippen LogP contribution < -0.4 is 10.2 Å². The summed E-state index contributed by atoms with van der Waals surface area (Å²) in [4.78, 5) is 0. The lowest BCUT2D eigenvalue weighted by atomic mass is 9.78. The Hall–Kier alpha value is -1.49. The van der Waals surface area contributed by atoms with E-state index >= 15 is 0 Å². The van der Waals surface area contributed by atoms with E-state index in [2.05, 4.69) is 0 Å². The SMILES string of the molecule is Cc1ccc(B2OC(C)(C)C(C)(C)O2)c(OCc2ccccc2Cl)c1. The smallest absolute Gasteiger partial charge is 0.489 e. The van der Waals surface area contributed by atoms with Gasteiger partial charge in [0.15, 0.2) is 0 Å². The van der Waals surface area contributed by atoms with Gasteiger partial charge < -0.3 is 14.0 Å². The minimum atomic E-state index is -0.452. The molecule has 0 atom stereocenters. The fourth-order valence-electron chi connectivity index (χ4n) is 2.70. The second-order valence-corrected chi connectivity index (χ2v) is 7.92. The van der Waals surface area contributed by atoms with Gasteiger partial charge in [-0.1, -0.05) is 41.9 Å². The van der Waals surface area contributed by atoms with Gasteiger partial charge >= 0.3 is 7.12 Å². The van der Waals surface area contributed by atoms with Crippen molar-refractivity contribution in [3.63, 3.8) is 0 Å². The number of benzene rings is 2. The van der Waals surface area contributed by atoms with E-state index in [0.29, 0.717) is 11.6 Å². The molecule has 0 saturated carbocycles. The zero-order valence-corrected chi connectivity index (χ0v) is 16.2. The molecule has 1 heterocycles. The Bertz CT molecular complexity index is 757. The van der Waals surface area contributed by atoms with Crippen LogP contribution in [0, 0.1) is 6.92 Å². The predicted molar refractivity (Wildman–Crippen MR) is 103 cm³/mol. The molecule has 1 fully saturated rings. The molecule has 0 amide bonds. The molecule has 0 aliphatic carbocycles. The molecule has 1 aliphatic heterocycles. The summed E-state index contributed by atoms with van der Waals surface area (Å²) in [5.41, 5.74) is 2.20. The zero-order valence-electron chi connectivity index (χ0n) is 15.4. The van der Waals surface area contributed by atoms with Gasteiger partial charge in [-0.05, 0) is 52.3 Å². The molecule has 3 rings (SSSR count). The number of ether oxygens (including phenoxy) is 1. The normalized spacial score (nSPS) is 18.4. The van der Waals surface area contributed by atoms with Crippen LogP contribution in [0.5, 0.6) is 5.75 Å². The molecule has 25 heavy (non-hydrogen) atoms. The van der Waals surface area contributed by atoms with Crippen molar-refractivity contribution >= 4 is 24.2 Å². The molecule has 0 radical (unpaired) electrons. The number of hydrogen-bond donors (Lipinski definition) is 0. The summed E-state index contributed by atoms with van der Waals surface area (Å²) < 4.78 is 18.4. The van der Waals surface area contributed by atoms with E-state index in [0.717, 1.165) is 22.3 Å². The molecule has 0 aromatic heterocycles. The van der Waals surface area contributed by atoms with Crippen molar-refractivity contribution < 1.29 is 14.0 Å². The Labute approximate surface area is 155 Å². The fraction of sp³-hybridized carbons (Fsp3) is 0.400. The zero-order chi connectivity index (χ0) is 18.2. The molecule has 132 valence electrons. The average molecular weight is 359 g/mol. The molecule has 2 aromatic carbocycles. The molecule has 0 bridgehead atoms. The van der Waals surface area contributed by atoms with Gasteiger partial charge in [-0.25, -0.2) is 0 Å². The summed E-state index contributed by atoms with van der Waals surface area (Å²) in [5.74, 6) is 0.762. The lowest BCUT2D eigenvalue weighted by molar-refractivity contribution is 0.00578. The van der Waals surface area contributed by atoms with Gasteiger partial charge in [0.05, 0.1) is 11.2 Å². The van der Waals surface area contributed by atoms with Crippen LogP contribution in [0.1, 0.15) is 38.8 Å². The largest absolute Gasteiger partial charge is 0.498 e. The molecule has 0 N–H and O–H groups in total. The molecule has 2 aromatic rings. The van der Waals surface area contributed by atoms with Crippen LogP contribution in [-0.4, -0.2) is 18.3 Å². The van der Waals surface area contributed by atoms with Gasteiger partial charge in [0, 0.05) is 16.0 Å². The van der Waals surface area contributed by atoms with Crippen molar-refractivity contribution in [3.8, 4) is 5.75 Å². The number of halogens is 1. The minimum absolute atomic E-state index is 0.386. The minimum Gasteiger partial charge on any atom is -0.489 e.